The van der Waals surface area contributed by atoms with E-state index in [1.807, 2.05) is 18.2 Å². The van der Waals surface area contributed by atoms with E-state index in [0.717, 1.165) is 4.47 Å². The third kappa shape index (κ3) is 4.47. The molecule has 23 heavy (non-hydrogen) atoms. The minimum atomic E-state index is -0.795. The van der Waals surface area contributed by atoms with Crippen molar-refractivity contribution in [3.63, 3.8) is 0 Å². The zero-order chi connectivity index (χ0) is 16.8. The van der Waals surface area contributed by atoms with Crippen LogP contribution in [-0.2, 0) is 4.79 Å². The molecule has 0 N–H and O–H groups in total. The van der Waals surface area contributed by atoms with Crippen LogP contribution in [0.2, 0.25) is 0 Å². The van der Waals surface area contributed by atoms with E-state index in [9.17, 15) is 4.79 Å². The number of nitriles is 1. The van der Waals surface area contributed by atoms with Crippen LogP contribution in [-0.4, -0.2) is 19.2 Å². The number of carbonyl (C=O) groups excluding carboxylic acids is 1. The third-order valence-electron chi connectivity index (χ3n) is 2.96. The average Bonchev–Trinajstić information content (AvgIpc) is 2.57. The van der Waals surface area contributed by atoms with E-state index in [1.54, 1.807) is 25.1 Å². The summed E-state index contributed by atoms with van der Waals surface area (Å²) in [6.45, 7) is 1.60. The maximum absolute atomic E-state index is 12.1. The Balaban J connectivity index is 2.06. The lowest BCUT2D eigenvalue weighted by Gasteiger charge is -2.15. The minimum Gasteiger partial charge on any atom is -0.493 e. The number of hydrogen-bond donors (Lipinski definition) is 0. The highest BCUT2D eigenvalue weighted by Gasteiger charge is 2.19. The van der Waals surface area contributed by atoms with Gasteiger partial charge in [0.15, 0.2) is 17.6 Å². The minimum absolute atomic E-state index is 0.239. The first-order valence-electron chi connectivity index (χ1n) is 6.75. The first-order valence-corrected chi connectivity index (χ1v) is 7.55. The summed E-state index contributed by atoms with van der Waals surface area (Å²) in [5.74, 6) is 0.552. The highest BCUT2D eigenvalue weighted by atomic mass is 79.9. The molecule has 0 saturated heterocycles. The zero-order valence-electron chi connectivity index (χ0n) is 12.6. The second-order valence-electron chi connectivity index (χ2n) is 4.61. The molecule has 0 spiro atoms. The lowest BCUT2D eigenvalue weighted by Crippen LogP contribution is -2.28. The highest BCUT2D eigenvalue weighted by Crippen LogP contribution is 2.28. The van der Waals surface area contributed by atoms with Gasteiger partial charge in [-0.1, -0.05) is 15.9 Å². The van der Waals surface area contributed by atoms with Crippen molar-refractivity contribution in [1.82, 2.24) is 0 Å². The lowest BCUT2D eigenvalue weighted by molar-refractivity contribution is -0.141. The van der Waals surface area contributed by atoms with Gasteiger partial charge in [0.05, 0.1) is 18.7 Å². The molecule has 6 heteroatoms. The van der Waals surface area contributed by atoms with Crippen LogP contribution in [0.1, 0.15) is 12.5 Å². The number of rotatable bonds is 5. The van der Waals surface area contributed by atoms with Crippen molar-refractivity contribution < 1.29 is 19.0 Å². The second-order valence-corrected chi connectivity index (χ2v) is 5.53. The van der Waals surface area contributed by atoms with Crippen molar-refractivity contribution in [3.8, 4) is 23.3 Å². The molecule has 2 aromatic rings. The summed E-state index contributed by atoms with van der Waals surface area (Å²) in [6.07, 6.45) is -0.795. The highest BCUT2D eigenvalue weighted by molar-refractivity contribution is 9.10. The zero-order valence-corrected chi connectivity index (χ0v) is 14.2. The van der Waals surface area contributed by atoms with E-state index in [1.165, 1.54) is 19.2 Å². The number of ether oxygens (including phenoxy) is 3. The van der Waals surface area contributed by atoms with Gasteiger partial charge in [-0.05, 0) is 43.3 Å². The SMILES string of the molecule is COc1cc(C#N)ccc1OC(=O)C(C)Oc1ccc(Br)cc1. The summed E-state index contributed by atoms with van der Waals surface area (Å²) < 4.78 is 16.9. The van der Waals surface area contributed by atoms with Gasteiger partial charge in [0.2, 0.25) is 0 Å². The van der Waals surface area contributed by atoms with Crippen LogP contribution in [0.15, 0.2) is 46.9 Å². The summed E-state index contributed by atoms with van der Waals surface area (Å²) in [5.41, 5.74) is 0.417. The van der Waals surface area contributed by atoms with Crippen LogP contribution >= 0.6 is 15.9 Å². The molecule has 0 amide bonds. The van der Waals surface area contributed by atoms with Gasteiger partial charge in [-0.2, -0.15) is 5.26 Å². The fraction of sp³-hybridized carbons (Fsp3) is 0.176. The van der Waals surface area contributed by atoms with E-state index < -0.39 is 12.1 Å². The first kappa shape index (κ1) is 16.8. The van der Waals surface area contributed by atoms with Crippen LogP contribution in [0.5, 0.6) is 17.2 Å². The molecule has 0 aromatic heterocycles. The Morgan fingerprint density at radius 2 is 1.87 bits per heavy atom. The van der Waals surface area contributed by atoms with Crippen molar-refractivity contribution in [3.05, 3.63) is 52.5 Å². The second kappa shape index (κ2) is 7.65. The normalized spacial score (nSPS) is 11.2. The molecular formula is C17H14BrNO4. The number of carbonyl (C=O) groups is 1. The largest absolute Gasteiger partial charge is 0.493 e. The molecule has 2 rings (SSSR count). The number of methoxy groups -OCH3 is 1. The molecule has 1 unspecified atom stereocenters. The molecule has 0 saturated carbocycles. The Bertz CT molecular complexity index is 737. The van der Waals surface area contributed by atoms with Crippen molar-refractivity contribution in [2.45, 2.75) is 13.0 Å². The predicted molar refractivity (Wildman–Crippen MR) is 87.6 cm³/mol. The van der Waals surface area contributed by atoms with Crippen molar-refractivity contribution >= 4 is 21.9 Å². The molecule has 0 fully saturated rings. The molecule has 0 aliphatic rings. The Labute approximate surface area is 142 Å². The van der Waals surface area contributed by atoms with Crippen LogP contribution in [0.25, 0.3) is 0 Å². The van der Waals surface area contributed by atoms with E-state index in [4.69, 9.17) is 19.5 Å². The molecule has 1 atom stereocenters. The summed E-state index contributed by atoms with van der Waals surface area (Å²) >= 11 is 3.33. The van der Waals surface area contributed by atoms with E-state index in [2.05, 4.69) is 15.9 Å². The maximum Gasteiger partial charge on any atom is 0.352 e. The van der Waals surface area contributed by atoms with Crippen LogP contribution < -0.4 is 14.2 Å². The lowest BCUT2D eigenvalue weighted by atomic mass is 10.2. The average molecular weight is 376 g/mol. The number of benzene rings is 2. The fourth-order valence-corrected chi connectivity index (χ4v) is 2.04. The number of nitrogens with zero attached hydrogens (tertiary/aromatic N) is 1. The number of halogens is 1. The van der Waals surface area contributed by atoms with Crippen LogP contribution in [0, 0.1) is 11.3 Å². The van der Waals surface area contributed by atoms with Gasteiger partial charge in [0.25, 0.3) is 0 Å². The molecule has 5 nitrogen and oxygen atoms in total. The van der Waals surface area contributed by atoms with Crippen LogP contribution in [0.4, 0.5) is 0 Å². The molecule has 0 heterocycles. The van der Waals surface area contributed by atoms with Gasteiger partial charge in [-0.15, -0.1) is 0 Å². The summed E-state index contributed by atoms with van der Waals surface area (Å²) in [7, 11) is 1.44. The van der Waals surface area contributed by atoms with Crippen molar-refractivity contribution in [2.24, 2.45) is 0 Å². The summed E-state index contributed by atoms with van der Waals surface area (Å²) in [5, 5.41) is 8.87. The monoisotopic (exact) mass is 375 g/mol. The third-order valence-corrected chi connectivity index (χ3v) is 3.49. The summed E-state index contributed by atoms with van der Waals surface area (Å²) in [6, 6.07) is 13.7. The number of esters is 1. The topological polar surface area (TPSA) is 68.5 Å². The Hall–Kier alpha value is -2.52. The molecular weight excluding hydrogens is 362 g/mol. The first-order chi connectivity index (χ1) is 11.0. The standard InChI is InChI=1S/C17H14BrNO4/c1-11(22-14-6-4-13(18)5-7-14)17(20)23-15-8-3-12(10-19)9-16(15)21-2/h3-9,11H,1-2H3. The van der Waals surface area contributed by atoms with Gasteiger partial charge in [-0.25, -0.2) is 4.79 Å². The maximum atomic E-state index is 12.1. The van der Waals surface area contributed by atoms with Gasteiger partial charge >= 0.3 is 5.97 Å². The molecule has 2 aromatic carbocycles. The Morgan fingerprint density at radius 3 is 2.48 bits per heavy atom. The Kier molecular flexibility index (Phi) is 5.61. The van der Waals surface area contributed by atoms with Gasteiger partial charge in [-0.3, -0.25) is 0 Å². The molecule has 0 aliphatic heterocycles. The van der Waals surface area contributed by atoms with Crippen LogP contribution in [0.3, 0.4) is 0 Å². The predicted octanol–water partition coefficient (Wildman–Crippen LogP) is 3.70. The summed E-state index contributed by atoms with van der Waals surface area (Å²) in [4.78, 5) is 12.1. The smallest absolute Gasteiger partial charge is 0.352 e. The molecule has 118 valence electrons. The molecule has 0 radical (unpaired) electrons. The Morgan fingerprint density at radius 1 is 1.17 bits per heavy atom. The van der Waals surface area contributed by atoms with Crippen molar-refractivity contribution in [1.29, 1.82) is 5.26 Å². The van der Waals surface area contributed by atoms with E-state index in [-0.39, 0.29) is 5.75 Å². The van der Waals surface area contributed by atoms with Crippen molar-refractivity contribution in [2.75, 3.05) is 7.11 Å². The van der Waals surface area contributed by atoms with Gasteiger partial charge in [0.1, 0.15) is 5.75 Å². The quantitative estimate of drug-likeness (QED) is 0.588. The van der Waals surface area contributed by atoms with E-state index in [0.29, 0.717) is 17.1 Å². The number of hydrogen-bond acceptors (Lipinski definition) is 5. The fourth-order valence-electron chi connectivity index (χ4n) is 1.78. The van der Waals surface area contributed by atoms with E-state index >= 15 is 0 Å². The van der Waals surface area contributed by atoms with Gasteiger partial charge in [0, 0.05) is 10.5 Å². The van der Waals surface area contributed by atoms with Gasteiger partial charge < -0.3 is 14.2 Å². The molecule has 0 aliphatic carbocycles. The molecule has 0 bridgehead atoms.